The van der Waals surface area contributed by atoms with Gasteiger partial charge in [-0.1, -0.05) is 0 Å². The van der Waals surface area contributed by atoms with Gasteiger partial charge in [0.2, 0.25) is 5.88 Å². The molecule has 1 aromatic heterocycles. The highest BCUT2D eigenvalue weighted by atomic mass is 16.5. The van der Waals surface area contributed by atoms with Gasteiger partial charge in [-0.25, -0.2) is 4.98 Å². The van der Waals surface area contributed by atoms with Gasteiger partial charge in [0.05, 0.1) is 11.8 Å². The molecule has 0 aromatic carbocycles. The maximum atomic E-state index is 5.72. The van der Waals surface area contributed by atoms with E-state index in [0.717, 1.165) is 18.7 Å². The predicted octanol–water partition coefficient (Wildman–Crippen LogP) is 2.37. The van der Waals surface area contributed by atoms with Crippen molar-refractivity contribution in [1.29, 1.82) is 0 Å². The molecule has 2 rings (SSSR count). The molecule has 2 heterocycles. The zero-order chi connectivity index (χ0) is 13.1. The van der Waals surface area contributed by atoms with Crippen LogP contribution in [0.15, 0.2) is 18.3 Å². The molecule has 4 heteroatoms. The van der Waals surface area contributed by atoms with E-state index >= 15 is 0 Å². The highest BCUT2D eigenvalue weighted by Crippen LogP contribution is 2.26. The molecule has 2 unspecified atom stereocenters. The van der Waals surface area contributed by atoms with Gasteiger partial charge in [-0.05, 0) is 46.4 Å². The highest BCUT2D eigenvalue weighted by Gasteiger charge is 2.26. The Hall–Kier alpha value is -1.29. The number of hydrogen-bond donors (Lipinski definition) is 1. The molecule has 18 heavy (non-hydrogen) atoms. The van der Waals surface area contributed by atoms with Gasteiger partial charge in [0.15, 0.2) is 0 Å². The number of hydrogen-bond acceptors (Lipinski definition) is 4. The third kappa shape index (κ3) is 3.13. The van der Waals surface area contributed by atoms with Gasteiger partial charge in [0.25, 0.3) is 0 Å². The number of anilines is 1. The average Bonchev–Trinajstić information content (AvgIpc) is 2.60. The Labute approximate surface area is 109 Å². The first-order chi connectivity index (χ1) is 8.56. The van der Waals surface area contributed by atoms with E-state index in [1.54, 1.807) is 6.20 Å². The first kappa shape index (κ1) is 13.1. The topological polar surface area (TPSA) is 37.4 Å². The van der Waals surface area contributed by atoms with Crippen LogP contribution in [-0.2, 0) is 0 Å². The minimum atomic E-state index is 0.144. The molecule has 0 aliphatic carbocycles. The molecule has 100 valence electrons. The summed E-state index contributed by atoms with van der Waals surface area (Å²) in [6.07, 6.45) is 3.07. The Kier molecular flexibility index (Phi) is 4.07. The summed E-state index contributed by atoms with van der Waals surface area (Å²) in [5.74, 6) is 0.703. The van der Waals surface area contributed by atoms with E-state index in [9.17, 15) is 0 Å². The molecule has 1 aromatic rings. The van der Waals surface area contributed by atoms with Crippen molar-refractivity contribution in [2.45, 2.75) is 45.4 Å². The number of likely N-dealkylation sites (tertiary alicyclic amines) is 1. The van der Waals surface area contributed by atoms with E-state index in [-0.39, 0.29) is 6.10 Å². The van der Waals surface area contributed by atoms with Crippen LogP contribution in [0, 0.1) is 0 Å². The van der Waals surface area contributed by atoms with Crippen molar-refractivity contribution in [3.8, 4) is 5.88 Å². The Balaban J connectivity index is 2.05. The van der Waals surface area contributed by atoms with Crippen molar-refractivity contribution in [2.75, 3.05) is 18.9 Å². The van der Waals surface area contributed by atoms with Crippen molar-refractivity contribution in [3.05, 3.63) is 18.3 Å². The summed E-state index contributed by atoms with van der Waals surface area (Å²) in [7, 11) is 2.17. The fourth-order valence-electron chi connectivity index (χ4n) is 2.34. The monoisotopic (exact) mass is 249 g/mol. The molecule has 0 radical (unpaired) electrons. The van der Waals surface area contributed by atoms with Crippen LogP contribution in [0.1, 0.15) is 27.2 Å². The lowest BCUT2D eigenvalue weighted by atomic mass is 10.2. The Bertz CT molecular complexity index is 384. The molecular formula is C14H23N3O. The summed E-state index contributed by atoms with van der Waals surface area (Å²) in [6, 6.07) is 5.09. The number of ether oxygens (including phenoxy) is 1. The van der Waals surface area contributed by atoms with E-state index < -0.39 is 0 Å². The molecular weight excluding hydrogens is 226 g/mol. The molecule has 4 nitrogen and oxygen atoms in total. The Morgan fingerprint density at radius 3 is 2.89 bits per heavy atom. The van der Waals surface area contributed by atoms with Crippen molar-refractivity contribution in [3.63, 3.8) is 0 Å². The second-order valence-electron chi connectivity index (χ2n) is 5.39. The van der Waals surface area contributed by atoms with Crippen LogP contribution in [-0.4, -0.2) is 41.7 Å². The Morgan fingerprint density at radius 1 is 1.50 bits per heavy atom. The average molecular weight is 249 g/mol. The molecule has 0 bridgehead atoms. The van der Waals surface area contributed by atoms with Crippen molar-refractivity contribution in [1.82, 2.24) is 9.88 Å². The zero-order valence-corrected chi connectivity index (χ0v) is 11.7. The van der Waals surface area contributed by atoms with Gasteiger partial charge < -0.3 is 15.0 Å². The fourth-order valence-corrected chi connectivity index (χ4v) is 2.34. The van der Waals surface area contributed by atoms with Gasteiger partial charge in [-0.15, -0.1) is 0 Å². The standard InChI is InChI=1S/C14H23N3O/c1-10(2)18-14-13(6-5-7-15-14)16-12-8-11(3)17(4)9-12/h5-7,10-12,16H,8-9H2,1-4H3. The fraction of sp³-hybridized carbons (Fsp3) is 0.643. The first-order valence-electron chi connectivity index (χ1n) is 6.64. The SMILES string of the molecule is CC(C)Oc1ncccc1NC1CC(C)N(C)C1. The number of nitrogens with zero attached hydrogens (tertiary/aromatic N) is 2. The smallest absolute Gasteiger partial charge is 0.237 e. The third-order valence-corrected chi connectivity index (χ3v) is 3.36. The zero-order valence-electron chi connectivity index (χ0n) is 11.7. The van der Waals surface area contributed by atoms with Crippen LogP contribution in [0.2, 0.25) is 0 Å². The van der Waals surface area contributed by atoms with Gasteiger partial charge in [-0.3, -0.25) is 0 Å². The summed E-state index contributed by atoms with van der Waals surface area (Å²) in [5.41, 5.74) is 0.999. The summed E-state index contributed by atoms with van der Waals surface area (Å²) in [6.45, 7) is 7.36. The lowest BCUT2D eigenvalue weighted by molar-refractivity contribution is 0.234. The van der Waals surface area contributed by atoms with Crippen molar-refractivity contribution in [2.24, 2.45) is 0 Å². The largest absolute Gasteiger partial charge is 0.473 e. The van der Waals surface area contributed by atoms with Crippen LogP contribution in [0.25, 0.3) is 0 Å². The second-order valence-corrected chi connectivity index (χ2v) is 5.39. The van der Waals surface area contributed by atoms with Gasteiger partial charge in [0, 0.05) is 24.8 Å². The molecule has 0 spiro atoms. The molecule has 0 amide bonds. The van der Waals surface area contributed by atoms with Gasteiger partial charge in [-0.2, -0.15) is 0 Å². The molecule has 0 saturated carbocycles. The van der Waals surface area contributed by atoms with Crippen LogP contribution in [0.3, 0.4) is 0 Å². The predicted molar refractivity (Wildman–Crippen MR) is 74.1 cm³/mol. The van der Waals surface area contributed by atoms with Crippen LogP contribution in [0.4, 0.5) is 5.69 Å². The van der Waals surface area contributed by atoms with E-state index in [2.05, 4.69) is 29.2 Å². The number of rotatable bonds is 4. The minimum Gasteiger partial charge on any atom is -0.473 e. The summed E-state index contributed by atoms with van der Waals surface area (Å²) < 4.78 is 5.72. The summed E-state index contributed by atoms with van der Waals surface area (Å²) in [5, 5.41) is 3.55. The van der Waals surface area contributed by atoms with Crippen LogP contribution in [0.5, 0.6) is 5.88 Å². The lowest BCUT2D eigenvalue weighted by Gasteiger charge is -2.18. The van der Waals surface area contributed by atoms with Crippen molar-refractivity contribution < 1.29 is 4.74 Å². The maximum absolute atomic E-state index is 5.72. The molecule has 1 fully saturated rings. The molecule has 1 saturated heterocycles. The van der Waals surface area contributed by atoms with Gasteiger partial charge in [0.1, 0.15) is 0 Å². The van der Waals surface area contributed by atoms with Crippen LogP contribution < -0.4 is 10.1 Å². The van der Waals surface area contributed by atoms with E-state index in [0.29, 0.717) is 18.0 Å². The minimum absolute atomic E-state index is 0.144. The second kappa shape index (κ2) is 5.57. The highest BCUT2D eigenvalue weighted by molar-refractivity contribution is 5.53. The number of nitrogens with one attached hydrogen (secondary N) is 1. The number of likely N-dealkylation sites (N-methyl/N-ethyl adjacent to an activating group) is 1. The van der Waals surface area contributed by atoms with E-state index in [1.165, 1.54) is 0 Å². The molecule has 2 atom stereocenters. The van der Waals surface area contributed by atoms with Crippen LogP contribution >= 0.6 is 0 Å². The molecule has 1 aliphatic rings. The van der Waals surface area contributed by atoms with Crippen molar-refractivity contribution >= 4 is 5.69 Å². The maximum Gasteiger partial charge on any atom is 0.237 e. The van der Waals surface area contributed by atoms with E-state index in [4.69, 9.17) is 4.74 Å². The number of pyridine rings is 1. The van der Waals surface area contributed by atoms with E-state index in [1.807, 2.05) is 26.0 Å². The summed E-state index contributed by atoms with van der Waals surface area (Å²) >= 11 is 0. The molecule has 1 N–H and O–H groups in total. The normalized spacial score (nSPS) is 24.5. The quantitative estimate of drug-likeness (QED) is 0.889. The van der Waals surface area contributed by atoms with Gasteiger partial charge >= 0.3 is 0 Å². The Morgan fingerprint density at radius 2 is 2.28 bits per heavy atom. The third-order valence-electron chi connectivity index (χ3n) is 3.36. The lowest BCUT2D eigenvalue weighted by Crippen LogP contribution is -2.25. The summed E-state index contributed by atoms with van der Waals surface area (Å²) in [4.78, 5) is 6.67. The first-order valence-corrected chi connectivity index (χ1v) is 6.64. The number of aromatic nitrogens is 1. The molecule has 1 aliphatic heterocycles.